The van der Waals surface area contributed by atoms with Gasteiger partial charge in [-0.1, -0.05) is 31.0 Å². The van der Waals surface area contributed by atoms with E-state index in [9.17, 15) is 9.90 Å². The highest BCUT2D eigenvalue weighted by molar-refractivity contribution is 5.82. The Hall–Kier alpha value is -1.55. The van der Waals surface area contributed by atoms with Crippen molar-refractivity contribution in [1.82, 2.24) is 4.90 Å². The first kappa shape index (κ1) is 13.1. The summed E-state index contributed by atoms with van der Waals surface area (Å²) in [5, 5.41) is 13.2. The van der Waals surface area contributed by atoms with Crippen molar-refractivity contribution >= 4 is 11.6 Å². The number of anilines is 1. The van der Waals surface area contributed by atoms with Crippen molar-refractivity contribution in [2.45, 2.75) is 43.7 Å². The summed E-state index contributed by atoms with van der Waals surface area (Å²) in [6, 6.07) is 8.45. The molecule has 2 fully saturated rings. The number of benzene rings is 1. The number of nitrogens with one attached hydrogen (secondary N) is 1. The zero-order valence-corrected chi connectivity index (χ0v) is 12.2. The highest BCUT2D eigenvalue weighted by atomic mass is 16.3. The van der Waals surface area contributed by atoms with E-state index in [1.807, 2.05) is 17.0 Å². The fourth-order valence-electron chi connectivity index (χ4n) is 4.46. The van der Waals surface area contributed by atoms with E-state index in [1.165, 1.54) is 18.4 Å². The molecule has 1 aromatic carbocycles. The van der Waals surface area contributed by atoms with Gasteiger partial charge in [-0.05, 0) is 24.5 Å². The van der Waals surface area contributed by atoms with E-state index in [0.717, 1.165) is 25.1 Å². The van der Waals surface area contributed by atoms with Crippen molar-refractivity contribution in [3.63, 3.8) is 0 Å². The second-order valence-corrected chi connectivity index (χ2v) is 6.54. The van der Waals surface area contributed by atoms with Crippen LogP contribution < -0.4 is 5.32 Å². The van der Waals surface area contributed by atoms with E-state index >= 15 is 0 Å². The molecule has 0 bridgehead atoms. The van der Waals surface area contributed by atoms with Crippen LogP contribution in [0.3, 0.4) is 0 Å². The summed E-state index contributed by atoms with van der Waals surface area (Å²) in [6.07, 6.45) is 4.39. The molecule has 112 valence electrons. The quantitative estimate of drug-likeness (QED) is 0.874. The van der Waals surface area contributed by atoms with Crippen molar-refractivity contribution in [3.05, 3.63) is 29.8 Å². The number of para-hydroxylation sites is 1. The average molecular weight is 286 g/mol. The predicted octanol–water partition coefficient (Wildman–Crippen LogP) is 1.96. The van der Waals surface area contributed by atoms with E-state index in [4.69, 9.17) is 0 Å². The van der Waals surface area contributed by atoms with E-state index in [-0.39, 0.29) is 36.4 Å². The molecule has 1 amide bonds. The summed E-state index contributed by atoms with van der Waals surface area (Å²) < 4.78 is 0. The number of carbonyl (C=O) groups excluding carboxylic acids is 1. The second-order valence-electron chi connectivity index (χ2n) is 6.54. The minimum atomic E-state index is -0.0358. The predicted molar refractivity (Wildman–Crippen MR) is 81.1 cm³/mol. The van der Waals surface area contributed by atoms with E-state index < -0.39 is 0 Å². The lowest BCUT2D eigenvalue weighted by atomic mass is 9.72. The molecule has 2 aliphatic heterocycles. The number of hydrogen-bond acceptors (Lipinski definition) is 3. The third kappa shape index (κ3) is 1.89. The van der Waals surface area contributed by atoms with Crippen LogP contribution in [0, 0.1) is 5.92 Å². The highest BCUT2D eigenvalue weighted by Crippen LogP contribution is 2.47. The fourth-order valence-corrected chi connectivity index (χ4v) is 4.46. The molecule has 21 heavy (non-hydrogen) atoms. The van der Waals surface area contributed by atoms with Crippen LogP contribution >= 0.6 is 0 Å². The van der Waals surface area contributed by atoms with Crippen LogP contribution in [-0.4, -0.2) is 41.1 Å². The number of rotatable bonds is 2. The van der Waals surface area contributed by atoms with Gasteiger partial charge in [-0.25, -0.2) is 0 Å². The Morgan fingerprint density at radius 3 is 2.81 bits per heavy atom. The second kappa shape index (κ2) is 5.02. The lowest BCUT2D eigenvalue weighted by Gasteiger charge is -2.58. The van der Waals surface area contributed by atoms with Gasteiger partial charge in [-0.3, -0.25) is 4.79 Å². The number of fused-ring (bicyclic) bond motifs is 3. The lowest BCUT2D eigenvalue weighted by molar-refractivity contribution is -0.154. The van der Waals surface area contributed by atoms with Gasteiger partial charge in [0, 0.05) is 24.1 Å². The molecular weight excluding hydrogens is 264 g/mol. The molecule has 4 rings (SSSR count). The van der Waals surface area contributed by atoms with Crippen LogP contribution in [0.5, 0.6) is 0 Å². The third-order valence-electron chi connectivity index (χ3n) is 5.51. The number of aliphatic hydroxyl groups excluding tert-OH is 1. The molecule has 1 aromatic rings. The molecule has 1 aliphatic carbocycles. The Morgan fingerprint density at radius 1 is 1.29 bits per heavy atom. The van der Waals surface area contributed by atoms with Gasteiger partial charge < -0.3 is 15.3 Å². The minimum absolute atomic E-state index is 0.0358. The van der Waals surface area contributed by atoms with Gasteiger partial charge in [0.15, 0.2) is 0 Å². The van der Waals surface area contributed by atoms with Gasteiger partial charge in [0.05, 0.1) is 18.7 Å². The molecule has 3 aliphatic rings. The smallest absolute Gasteiger partial charge is 0.226 e. The number of hydrogen-bond donors (Lipinski definition) is 2. The van der Waals surface area contributed by atoms with Crippen LogP contribution in [0.2, 0.25) is 0 Å². The zero-order valence-electron chi connectivity index (χ0n) is 12.2. The van der Waals surface area contributed by atoms with Gasteiger partial charge in [0.25, 0.3) is 0 Å². The fraction of sp³-hybridized carbons (Fsp3) is 0.588. The summed E-state index contributed by atoms with van der Waals surface area (Å²) in [7, 11) is 0. The maximum Gasteiger partial charge on any atom is 0.226 e. The van der Waals surface area contributed by atoms with Gasteiger partial charge in [0.1, 0.15) is 0 Å². The molecule has 2 N–H and O–H groups in total. The summed E-state index contributed by atoms with van der Waals surface area (Å²) in [5.41, 5.74) is 2.41. The van der Waals surface area contributed by atoms with Crippen LogP contribution in [-0.2, 0) is 4.79 Å². The first-order valence-corrected chi connectivity index (χ1v) is 8.07. The molecule has 0 unspecified atom stereocenters. The first-order chi connectivity index (χ1) is 10.3. The van der Waals surface area contributed by atoms with Gasteiger partial charge >= 0.3 is 0 Å². The van der Waals surface area contributed by atoms with E-state index in [1.54, 1.807) is 0 Å². The monoisotopic (exact) mass is 286 g/mol. The van der Waals surface area contributed by atoms with Crippen LogP contribution in [0.25, 0.3) is 0 Å². The highest BCUT2D eigenvalue weighted by Gasteiger charge is 2.54. The molecule has 3 atom stereocenters. The Kier molecular flexibility index (Phi) is 3.14. The molecule has 2 heterocycles. The maximum absolute atomic E-state index is 12.8. The van der Waals surface area contributed by atoms with Gasteiger partial charge in [-0.15, -0.1) is 0 Å². The largest absolute Gasteiger partial charge is 0.394 e. The van der Waals surface area contributed by atoms with Crippen molar-refractivity contribution < 1.29 is 9.90 Å². The van der Waals surface area contributed by atoms with E-state index in [0.29, 0.717) is 0 Å². The summed E-state index contributed by atoms with van der Waals surface area (Å²) in [5.74, 6) is 0.754. The molecule has 4 nitrogen and oxygen atoms in total. The molecule has 0 radical (unpaired) electrons. The van der Waals surface area contributed by atoms with Gasteiger partial charge in [-0.2, -0.15) is 0 Å². The number of nitrogens with zero attached hydrogens (tertiary/aromatic N) is 1. The normalized spacial score (nSPS) is 31.1. The van der Waals surface area contributed by atoms with Crippen molar-refractivity contribution in [1.29, 1.82) is 0 Å². The Labute approximate surface area is 125 Å². The number of amides is 1. The number of likely N-dealkylation sites (tertiary alicyclic amines) is 1. The van der Waals surface area contributed by atoms with Crippen molar-refractivity contribution in [2.24, 2.45) is 5.92 Å². The third-order valence-corrected chi connectivity index (χ3v) is 5.51. The van der Waals surface area contributed by atoms with Gasteiger partial charge in [0.2, 0.25) is 5.91 Å². The average Bonchev–Trinajstić information content (AvgIpc) is 3.02. The molecule has 4 heteroatoms. The molecule has 1 saturated heterocycles. The number of carbonyl (C=O) groups is 1. The Balaban J connectivity index is 1.61. The SMILES string of the molecule is O=C(C1CCCC1)N1[C@@H](CO)[C@@H]2c3ccccc3NC[C@@H]21. The molecular formula is C17H22N2O2. The van der Waals surface area contributed by atoms with Crippen molar-refractivity contribution in [2.75, 3.05) is 18.5 Å². The standard InChI is InChI=1S/C17H22N2O2/c20-10-15-16-12-7-3-4-8-13(12)18-9-14(16)19(15)17(21)11-5-1-2-6-11/h3-4,7-8,11,14-16,18,20H,1-2,5-6,9-10H2/t14-,15-,16+/m0/s1. The molecule has 1 saturated carbocycles. The maximum atomic E-state index is 12.8. The topological polar surface area (TPSA) is 52.6 Å². The van der Waals surface area contributed by atoms with E-state index in [2.05, 4.69) is 17.4 Å². The summed E-state index contributed by atoms with van der Waals surface area (Å²) in [6.45, 7) is 0.866. The minimum Gasteiger partial charge on any atom is -0.394 e. The summed E-state index contributed by atoms with van der Waals surface area (Å²) >= 11 is 0. The van der Waals surface area contributed by atoms with Crippen molar-refractivity contribution in [3.8, 4) is 0 Å². The molecule has 0 spiro atoms. The molecule has 0 aromatic heterocycles. The summed E-state index contributed by atoms with van der Waals surface area (Å²) in [4.78, 5) is 14.7. The first-order valence-electron chi connectivity index (χ1n) is 8.07. The van der Waals surface area contributed by atoms with Crippen LogP contribution in [0.15, 0.2) is 24.3 Å². The van der Waals surface area contributed by atoms with Crippen LogP contribution in [0.1, 0.15) is 37.2 Å². The Bertz CT molecular complexity index is 553. The lowest BCUT2D eigenvalue weighted by Crippen LogP contribution is -2.69. The van der Waals surface area contributed by atoms with Crippen LogP contribution in [0.4, 0.5) is 5.69 Å². The number of aliphatic hydroxyl groups is 1. The zero-order chi connectivity index (χ0) is 14.4. The Morgan fingerprint density at radius 2 is 2.05 bits per heavy atom.